The summed E-state index contributed by atoms with van der Waals surface area (Å²) in [6, 6.07) is 18.4. The maximum absolute atomic E-state index is 12.9. The highest BCUT2D eigenvalue weighted by Crippen LogP contribution is 2.24. The number of hydrogen-bond donors (Lipinski definition) is 2. The Morgan fingerprint density at radius 1 is 1.06 bits per heavy atom. The first-order valence-corrected chi connectivity index (χ1v) is 11.0. The first-order valence-electron chi connectivity index (χ1n) is 11.0. The Morgan fingerprint density at radius 3 is 2.65 bits per heavy atom. The summed E-state index contributed by atoms with van der Waals surface area (Å²) in [5.41, 5.74) is 2.58. The van der Waals surface area contributed by atoms with Crippen LogP contribution in [0.15, 0.2) is 77.9 Å². The van der Waals surface area contributed by atoms with Crippen LogP contribution in [0.5, 0.6) is 5.75 Å². The van der Waals surface area contributed by atoms with Gasteiger partial charge in [0.05, 0.1) is 30.6 Å². The van der Waals surface area contributed by atoms with Crippen molar-refractivity contribution in [3.05, 3.63) is 94.5 Å². The van der Waals surface area contributed by atoms with Gasteiger partial charge in [-0.25, -0.2) is 0 Å². The van der Waals surface area contributed by atoms with Gasteiger partial charge in [0.25, 0.3) is 0 Å². The number of rotatable bonds is 10. The molecule has 2 N–H and O–H groups in total. The van der Waals surface area contributed by atoms with Crippen LogP contribution in [0.2, 0.25) is 0 Å². The molecule has 0 radical (unpaired) electrons. The first-order chi connectivity index (χ1) is 16.6. The van der Waals surface area contributed by atoms with Crippen molar-refractivity contribution in [3.8, 4) is 5.75 Å². The lowest BCUT2D eigenvalue weighted by atomic mass is 10.2. The second kappa shape index (κ2) is 10.8. The van der Waals surface area contributed by atoms with E-state index in [1.54, 1.807) is 7.11 Å². The van der Waals surface area contributed by atoms with Crippen molar-refractivity contribution in [3.63, 3.8) is 0 Å². The van der Waals surface area contributed by atoms with Crippen molar-refractivity contribution in [2.24, 2.45) is 0 Å². The summed E-state index contributed by atoms with van der Waals surface area (Å²) in [5, 5.41) is 13.6. The van der Waals surface area contributed by atoms with Gasteiger partial charge in [-0.05, 0) is 23.8 Å². The van der Waals surface area contributed by atoms with Crippen LogP contribution in [0.3, 0.4) is 0 Å². The van der Waals surface area contributed by atoms with E-state index in [2.05, 4.69) is 9.88 Å². The van der Waals surface area contributed by atoms with E-state index in [0.29, 0.717) is 24.5 Å². The third-order valence-electron chi connectivity index (χ3n) is 5.52. The normalized spacial score (nSPS) is 11.0. The van der Waals surface area contributed by atoms with E-state index < -0.39 is 0 Å². The van der Waals surface area contributed by atoms with Gasteiger partial charge in [0.2, 0.25) is 11.3 Å². The Bertz CT molecular complexity index is 1330. The van der Waals surface area contributed by atoms with Gasteiger partial charge in [0, 0.05) is 37.0 Å². The zero-order valence-electron chi connectivity index (χ0n) is 18.9. The first kappa shape index (κ1) is 23.3. The van der Waals surface area contributed by atoms with E-state index in [1.165, 1.54) is 16.8 Å². The largest absolute Gasteiger partial charge is 0.483 e. The van der Waals surface area contributed by atoms with E-state index in [0.717, 1.165) is 16.5 Å². The molecule has 0 fully saturated rings. The second-order valence-corrected chi connectivity index (χ2v) is 7.84. The van der Waals surface area contributed by atoms with Crippen molar-refractivity contribution in [1.82, 2.24) is 9.13 Å². The number of carbonyl (C=O) groups excluding carboxylic acids is 1. The van der Waals surface area contributed by atoms with Crippen molar-refractivity contribution in [2.45, 2.75) is 26.3 Å². The molecule has 1 amide bonds. The van der Waals surface area contributed by atoms with Crippen molar-refractivity contribution in [2.75, 3.05) is 19.0 Å². The number of aliphatic hydroxyl groups is 1. The lowest BCUT2D eigenvalue weighted by Crippen LogP contribution is -2.23. The summed E-state index contributed by atoms with van der Waals surface area (Å²) in [4.78, 5) is 25.3. The number of ether oxygens (including phenoxy) is 2. The Balaban J connectivity index is 1.51. The number of anilines is 1. The molecule has 8 heteroatoms. The number of fused-ring (bicyclic) bond motifs is 1. The monoisotopic (exact) mass is 461 g/mol. The van der Waals surface area contributed by atoms with Crippen LogP contribution in [0, 0.1) is 0 Å². The predicted molar refractivity (Wildman–Crippen MR) is 130 cm³/mol. The fourth-order valence-corrected chi connectivity index (χ4v) is 3.78. The number of nitrogens with one attached hydrogen (secondary N) is 1. The minimum Gasteiger partial charge on any atom is -0.483 e. The number of aromatic nitrogens is 2. The molecule has 2 aromatic heterocycles. The standard InChI is InChI=1S/C26H27N3O5/c1-33-13-12-28-11-10-21-22(8-5-9-23(21)28)27-26(32)16-29-15-25(24(31)14-20(29)17-30)34-18-19-6-3-2-4-7-19/h2-11,14-15,30H,12-13,16-18H2,1H3,(H,27,32). The number of amides is 1. The van der Waals surface area contributed by atoms with Gasteiger partial charge < -0.3 is 29.0 Å². The molecule has 0 bridgehead atoms. The molecule has 8 nitrogen and oxygen atoms in total. The summed E-state index contributed by atoms with van der Waals surface area (Å²) in [5.74, 6) is -0.171. The predicted octanol–water partition coefficient (Wildman–Crippen LogP) is 3.16. The molecular weight excluding hydrogens is 434 g/mol. The van der Waals surface area contributed by atoms with Crippen molar-refractivity contribution >= 4 is 22.5 Å². The molecule has 0 atom stereocenters. The molecule has 4 aromatic rings. The minimum absolute atomic E-state index is 0.0847. The molecule has 2 aromatic carbocycles. The average Bonchev–Trinajstić information content (AvgIpc) is 3.27. The van der Waals surface area contributed by atoms with Gasteiger partial charge in [0.1, 0.15) is 13.2 Å². The van der Waals surface area contributed by atoms with Crippen LogP contribution in [0.4, 0.5) is 5.69 Å². The van der Waals surface area contributed by atoms with E-state index in [-0.39, 0.29) is 36.8 Å². The van der Waals surface area contributed by atoms with E-state index in [1.807, 2.05) is 60.8 Å². The van der Waals surface area contributed by atoms with Gasteiger partial charge >= 0.3 is 0 Å². The summed E-state index contributed by atoms with van der Waals surface area (Å²) in [7, 11) is 1.66. The van der Waals surface area contributed by atoms with Crippen LogP contribution in [-0.2, 0) is 35.8 Å². The van der Waals surface area contributed by atoms with Crippen LogP contribution in [0.25, 0.3) is 10.9 Å². The maximum Gasteiger partial charge on any atom is 0.244 e. The molecule has 0 unspecified atom stereocenters. The van der Waals surface area contributed by atoms with Gasteiger partial charge in [-0.1, -0.05) is 36.4 Å². The Labute approximate surface area is 197 Å². The fourth-order valence-electron chi connectivity index (χ4n) is 3.78. The molecular formula is C26H27N3O5. The lowest BCUT2D eigenvalue weighted by molar-refractivity contribution is -0.116. The molecule has 176 valence electrons. The zero-order chi connectivity index (χ0) is 23.9. The lowest BCUT2D eigenvalue weighted by Gasteiger charge is -2.15. The number of carbonyl (C=O) groups is 1. The number of hydrogen-bond acceptors (Lipinski definition) is 5. The third-order valence-corrected chi connectivity index (χ3v) is 5.52. The quantitative estimate of drug-likeness (QED) is 0.378. The van der Waals surface area contributed by atoms with Crippen LogP contribution < -0.4 is 15.5 Å². The van der Waals surface area contributed by atoms with E-state index in [4.69, 9.17) is 9.47 Å². The average molecular weight is 462 g/mol. The van der Waals surface area contributed by atoms with Crippen molar-refractivity contribution < 1.29 is 19.4 Å². The number of pyridine rings is 1. The molecule has 0 spiro atoms. The summed E-state index contributed by atoms with van der Waals surface area (Å²) >= 11 is 0. The highest BCUT2D eigenvalue weighted by Gasteiger charge is 2.13. The second-order valence-electron chi connectivity index (χ2n) is 7.84. The molecule has 0 aliphatic rings. The van der Waals surface area contributed by atoms with Gasteiger partial charge in [-0.3, -0.25) is 9.59 Å². The third kappa shape index (κ3) is 5.36. The van der Waals surface area contributed by atoms with E-state index in [9.17, 15) is 14.7 Å². The maximum atomic E-state index is 12.9. The van der Waals surface area contributed by atoms with Gasteiger partial charge in [-0.2, -0.15) is 0 Å². The fraction of sp³-hybridized carbons (Fsp3) is 0.231. The van der Waals surface area contributed by atoms with Crippen LogP contribution >= 0.6 is 0 Å². The van der Waals surface area contributed by atoms with E-state index >= 15 is 0 Å². The number of aliphatic hydroxyl groups excluding tert-OH is 1. The Kier molecular flexibility index (Phi) is 7.41. The number of methoxy groups -OCH3 is 1. The summed E-state index contributed by atoms with van der Waals surface area (Å²) < 4.78 is 14.5. The van der Waals surface area contributed by atoms with Gasteiger partial charge in [0.15, 0.2) is 5.75 Å². The SMILES string of the molecule is COCCn1ccc2c(NC(=O)Cn3cc(OCc4ccccc4)c(=O)cc3CO)cccc21. The summed E-state index contributed by atoms with van der Waals surface area (Å²) in [6.07, 6.45) is 3.43. The smallest absolute Gasteiger partial charge is 0.244 e. The topological polar surface area (TPSA) is 94.7 Å². The Morgan fingerprint density at radius 2 is 1.88 bits per heavy atom. The summed E-state index contributed by atoms with van der Waals surface area (Å²) in [6.45, 7) is 1.06. The molecule has 0 saturated carbocycles. The number of benzene rings is 2. The van der Waals surface area contributed by atoms with Crippen LogP contribution in [-0.4, -0.2) is 33.9 Å². The molecule has 0 aliphatic carbocycles. The zero-order valence-corrected chi connectivity index (χ0v) is 18.9. The van der Waals surface area contributed by atoms with Crippen LogP contribution in [0.1, 0.15) is 11.3 Å². The number of nitrogens with zero attached hydrogens (tertiary/aromatic N) is 2. The Hall–Kier alpha value is -3.88. The molecule has 0 saturated heterocycles. The molecule has 4 rings (SSSR count). The molecule has 0 aliphatic heterocycles. The minimum atomic E-state index is -0.376. The van der Waals surface area contributed by atoms with Crippen molar-refractivity contribution in [1.29, 1.82) is 0 Å². The highest BCUT2D eigenvalue weighted by atomic mass is 16.5. The molecule has 34 heavy (non-hydrogen) atoms. The highest BCUT2D eigenvalue weighted by molar-refractivity contribution is 6.01. The molecule has 2 heterocycles. The van der Waals surface area contributed by atoms with Gasteiger partial charge in [-0.15, -0.1) is 0 Å².